The predicted octanol–water partition coefficient (Wildman–Crippen LogP) is 2.30. The number of hydrogen-bond acceptors (Lipinski definition) is 3. The summed E-state index contributed by atoms with van der Waals surface area (Å²) in [4.78, 5) is 2.36. The third-order valence-electron chi connectivity index (χ3n) is 3.40. The molecule has 2 rings (SSSR count). The van der Waals surface area contributed by atoms with Crippen LogP contribution in [-0.2, 0) is 9.47 Å². The lowest BCUT2D eigenvalue weighted by atomic mass is 10.1. The van der Waals surface area contributed by atoms with Crippen molar-refractivity contribution in [1.82, 2.24) is 4.90 Å². The Morgan fingerprint density at radius 3 is 2.31 bits per heavy atom. The van der Waals surface area contributed by atoms with Crippen LogP contribution in [0, 0.1) is 0 Å². The quantitative estimate of drug-likeness (QED) is 0.738. The van der Waals surface area contributed by atoms with Gasteiger partial charge in [-0.3, -0.25) is 4.90 Å². The van der Waals surface area contributed by atoms with Gasteiger partial charge in [0, 0.05) is 13.7 Å². The Balaban J connectivity index is 0.000000606. The second-order valence-corrected chi connectivity index (χ2v) is 4.57. The van der Waals surface area contributed by atoms with E-state index >= 15 is 0 Å². The fourth-order valence-corrected chi connectivity index (χ4v) is 2.33. The van der Waals surface area contributed by atoms with Crippen LogP contribution in [0.25, 0.3) is 0 Å². The highest BCUT2D eigenvalue weighted by Crippen LogP contribution is 2.31. The zero-order valence-corrected chi connectivity index (χ0v) is 11.4. The lowest BCUT2D eigenvalue weighted by Gasteiger charge is -2.29. The van der Waals surface area contributed by atoms with Gasteiger partial charge in [0.05, 0.1) is 24.4 Å². The van der Waals surface area contributed by atoms with E-state index in [-0.39, 0.29) is 6.10 Å². The first kappa shape index (κ1) is 13.9. The van der Waals surface area contributed by atoms with Crippen molar-refractivity contribution in [2.75, 3.05) is 20.7 Å². The third-order valence-corrected chi connectivity index (χ3v) is 3.40. The average Bonchev–Trinajstić information content (AvgIpc) is 3.05. The Bertz CT molecular complexity index is 194. The van der Waals surface area contributed by atoms with Crippen molar-refractivity contribution < 1.29 is 9.47 Å². The number of likely N-dealkylation sites (tertiary alicyclic amines) is 1. The van der Waals surface area contributed by atoms with E-state index in [0.29, 0.717) is 18.2 Å². The van der Waals surface area contributed by atoms with E-state index < -0.39 is 0 Å². The fourth-order valence-electron chi connectivity index (χ4n) is 2.33. The maximum absolute atomic E-state index is 6.01. The van der Waals surface area contributed by atoms with E-state index in [0.717, 1.165) is 13.0 Å². The molecule has 0 aromatic carbocycles. The van der Waals surface area contributed by atoms with E-state index in [2.05, 4.69) is 18.9 Å². The zero-order valence-electron chi connectivity index (χ0n) is 11.4. The van der Waals surface area contributed by atoms with Crippen molar-refractivity contribution in [1.29, 1.82) is 0 Å². The molecule has 1 aliphatic carbocycles. The molecule has 3 nitrogen and oxygen atoms in total. The molecular weight excluding hydrogens is 202 g/mol. The van der Waals surface area contributed by atoms with Gasteiger partial charge >= 0.3 is 0 Å². The molecule has 3 heteroatoms. The van der Waals surface area contributed by atoms with E-state index in [4.69, 9.17) is 9.47 Å². The Labute approximate surface area is 100 Å². The van der Waals surface area contributed by atoms with Crippen LogP contribution in [0.15, 0.2) is 0 Å². The van der Waals surface area contributed by atoms with Gasteiger partial charge in [0.15, 0.2) is 0 Å². The molecule has 0 amide bonds. The van der Waals surface area contributed by atoms with Crippen LogP contribution in [-0.4, -0.2) is 50.0 Å². The van der Waals surface area contributed by atoms with Gasteiger partial charge in [-0.1, -0.05) is 13.8 Å². The normalized spacial score (nSPS) is 32.1. The first-order valence-corrected chi connectivity index (χ1v) is 6.61. The number of nitrogens with zero attached hydrogens (tertiary/aromatic N) is 1. The summed E-state index contributed by atoms with van der Waals surface area (Å²) in [7, 11) is 3.95. The summed E-state index contributed by atoms with van der Waals surface area (Å²) in [5, 5.41) is 0. The topological polar surface area (TPSA) is 21.7 Å². The molecule has 1 saturated heterocycles. The van der Waals surface area contributed by atoms with Crippen LogP contribution in [0.3, 0.4) is 0 Å². The molecule has 1 saturated carbocycles. The number of ether oxygens (including phenoxy) is 2. The Kier molecular flexibility index (Phi) is 5.73. The highest BCUT2D eigenvalue weighted by Gasteiger charge is 2.39. The van der Waals surface area contributed by atoms with Crippen molar-refractivity contribution in [3.8, 4) is 0 Å². The molecule has 2 fully saturated rings. The zero-order chi connectivity index (χ0) is 12.1. The maximum Gasteiger partial charge on any atom is 0.0771 e. The van der Waals surface area contributed by atoms with E-state index in [1.54, 1.807) is 7.11 Å². The molecule has 3 atom stereocenters. The molecule has 0 aromatic heterocycles. The van der Waals surface area contributed by atoms with E-state index in [1.165, 1.54) is 12.8 Å². The minimum atomic E-state index is 0.270. The second kappa shape index (κ2) is 6.58. The fraction of sp³-hybridized carbons (Fsp3) is 1.00. The SMILES string of the molecule is CC.CO[C@@H](C)[C@@H]1[C@@H](OC2CC2)CCN1C. The summed E-state index contributed by atoms with van der Waals surface area (Å²) in [6.45, 7) is 7.27. The van der Waals surface area contributed by atoms with Gasteiger partial charge in [-0.15, -0.1) is 0 Å². The van der Waals surface area contributed by atoms with E-state index in [1.807, 2.05) is 13.8 Å². The Hall–Kier alpha value is -0.120. The highest BCUT2D eigenvalue weighted by molar-refractivity contribution is 4.92. The number of hydrogen-bond donors (Lipinski definition) is 0. The molecule has 1 aliphatic heterocycles. The monoisotopic (exact) mass is 229 g/mol. The number of methoxy groups -OCH3 is 1. The predicted molar refractivity (Wildman–Crippen MR) is 66.7 cm³/mol. The molecule has 0 radical (unpaired) electrons. The van der Waals surface area contributed by atoms with Crippen molar-refractivity contribution >= 4 is 0 Å². The van der Waals surface area contributed by atoms with Crippen LogP contribution in [0.2, 0.25) is 0 Å². The molecule has 0 aromatic rings. The molecule has 2 aliphatic rings. The van der Waals surface area contributed by atoms with Crippen LogP contribution >= 0.6 is 0 Å². The minimum absolute atomic E-state index is 0.270. The van der Waals surface area contributed by atoms with Gasteiger partial charge < -0.3 is 9.47 Å². The lowest BCUT2D eigenvalue weighted by Crippen LogP contribution is -2.43. The van der Waals surface area contributed by atoms with Crippen molar-refractivity contribution in [2.45, 2.75) is 64.4 Å². The number of rotatable bonds is 4. The van der Waals surface area contributed by atoms with Crippen molar-refractivity contribution in [3.63, 3.8) is 0 Å². The van der Waals surface area contributed by atoms with Crippen LogP contribution in [0.5, 0.6) is 0 Å². The summed E-state index contributed by atoms with van der Waals surface area (Å²) in [6, 6.07) is 0.445. The molecule has 0 N–H and O–H groups in total. The summed E-state index contributed by atoms with van der Waals surface area (Å²) in [5.74, 6) is 0. The molecule has 0 bridgehead atoms. The van der Waals surface area contributed by atoms with Gasteiger partial charge in [-0.25, -0.2) is 0 Å². The van der Waals surface area contributed by atoms with Crippen LogP contribution < -0.4 is 0 Å². The highest BCUT2D eigenvalue weighted by atomic mass is 16.5. The van der Waals surface area contributed by atoms with Crippen molar-refractivity contribution in [3.05, 3.63) is 0 Å². The summed E-state index contributed by atoms with van der Waals surface area (Å²) >= 11 is 0. The minimum Gasteiger partial charge on any atom is -0.380 e. The first-order valence-electron chi connectivity index (χ1n) is 6.61. The second-order valence-electron chi connectivity index (χ2n) is 4.57. The molecule has 0 spiro atoms. The van der Waals surface area contributed by atoms with Crippen LogP contribution in [0.1, 0.15) is 40.0 Å². The first-order chi connectivity index (χ1) is 7.72. The van der Waals surface area contributed by atoms with Gasteiger partial charge in [0.2, 0.25) is 0 Å². The van der Waals surface area contributed by atoms with Gasteiger partial charge in [-0.05, 0) is 33.2 Å². The van der Waals surface area contributed by atoms with Gasteiger partial charge in [0.1, 0.15) is 0 Å². The summed E-state index contributed by atoms with van der Waals surface area (Å²) in [5.41, 5.74) is 0. The van der Waals surface area contributed by atoms with Gasteiger partial charge in [0.25, 0.3) is 0 Å². The third kappa shape index (κ3) is 3.44. The standard InChI is InChI=1S/C11H21NO2.C2H6/c1-8(13-3)11-10(6-7-12(11)2)14-9-4-5-9;1-2/h8-11H,4-7H2,1-3H3;1-2H3/t8-,10-,11+;/m0./s1. The molecular formula is C13H27NO2. The average molecular weight is 229 g/mol. The smallest absolute Gasteiger partial charge is 0.0771 e. The van der Waals surface area contributed by atoms with Crippen LogP contribution in [0.4, 0.5) is 0 Å². The Morgan fingerprint density at radius 2 is 1.81 bits per heavy atom. The van der Waals surface area contributed by atoms with Crippen molar-refractivity contribution in [2.24, 2.45) is 0 Å². The Morgan fingerprint density at radius 1 is 1.19 bits per heavy atom. The molecule has 96 valence electrons. The molecule has 16 heavy (non-hydrogen) atoms. The maximum atomic E-state index is 6.01. The number of likely N-dealkylation sites (N-methyl/N-ethyl adjacent to an activating group) is 1. The summed E-state index contributed by atoms with van der Waals surface area (Å²) < 4.78 is 11.4. The van der Waals surface area contributed by atoms with Gasteiger partial charge in [-0.2, -0.15) is 0 Å². The summed E-state index contributed by atoms with van der Waals surface area (Å²) in [6.07, 6.45) is 4.89. The molecule has 0 unspecified atom stereocenters. The largest absolute Gasteiger partial charge is 0.380 e. The van der Waals surface area contributed by atoms with E-state index in [9.17, 15) is 0 Å². The molecule has 1 heterocycles. The lowest BCUT2D eigenvalue weighted by molar-refractivity contribution is -0.0356.